The van der Waals surface area contributed by atoms with Crippen molar-refractivity contribution in [2.45, 2.75) is 24.8 Å². The molecule has 0 aliphatic rings. The minimum Gasteiger partial charge on any atom is -0.350 e. The smallest absolute Gasteiger partial charge is 0.261 e. The van der Waals surface area contributed by atoms with E-state index in [1.807, 2.05) is 13.8 Å². The molecule has 6 nitrogen and oxygen atoms in total. The monoisotopic (exact) mass is 433 g/mol. The summed E-state index contributed by atoms with van der Waals surface area (Å²) in [4.78, 5) is 11.7. The number of benzene rings is 2. The van der Waals surface area contributed by atoms with Crippen LogP contribution in [0.5, 0.6) is 0 Å². The molecule has 2 aromatic carbocycles. The molecular weight excluding hydrogens is 412 g/mol. The van der Waals surface area contributed by atoms with E-state index in [4.69, 9.17) is 0 Å². The van der Waals surface area contributed by atoms with Crippen molar-refractivity contribution in [2.75, 3.05) is 17.8 Å². The van der Waals surface area contributed by atoms with Crippen molar-refractivity contribution in [3.8, 4) is 0 Å². The number of likely N-dealkylation sites (N-methyl/N-ethyl adjacent to an activating group) is 1. The number of carbonyl (C=O) groups excluding carboxylic acids is 1. The molecule has 10 heteroatoms. The Bertz CT molecular complexity index is 909. The third kappa shape index (κ3) is 6.43. The molecule has 2 aromatic rings. The Morgan fingerprint density at radius 3 is 2.29 bits per heavy atom. The maximum Gasteiger partial charge on any atom is 0.261 e. The summed E-state index contributed by atoms with van der Waals surface area (Å²) < 4.78 is 52.9. The topological polar surface area (TPSA) is 87.3 Å². The Morgan fingerprint density at radius 1 is 1.07 bits per heavy atom. The third-order valence-corrected chi connectivity index (χ3v) is 5.10. The van der Waals surface area contributed by atoms with E-state index >= 15 is 0 Å². The van der Waals surface area contributed by atoms with E-state index < -0.39 is 26.6 Å². The zero-order valence-corrected chi connectivity index (χ0v) is 17.0. The van der Waals surface area contributed by atoms with Gasteiger partial charge in [0.05, 0.1) is 4.90 Å². The summed E-state index contributed by atoms with van der Waals surface area (Å²) in [5, 5.41) is 5.94. The molecule has 0 saturated carbocycles. The lowest BCUT2D eigenvalue weighted by Gasteiger charge is -2.13. The molecule has 0 aromatic heterocycles. The predicted molar refractivity (Wildman–Crippen MR) is 106 cm³/mol. The highest BCUT2D eigenvalue weighted by molar-refractivity contribution is 7.92. The van der Waals surface area contributed by atoms with Gasteiger partial charge in [-0.2, -0.15) is 0 Å². The fourth-order valence-corrected chi connectivity index (χ4v) is 3.39. The lowest BCUT2D eigenvalue weighted by Crippen LogP contribution is -2.38. The van der Waals surface area contributed by atoms with Crippen LogP contribution in [-0.4, -0.2) is 33.5 Å². The van der Waals surface area contributed by atoms with E-state index in [0.717, 1.165) is 18.7 Å². The maximum absolute atomic E-state index is 13.3. The number of amides is 1. The molecule has 0 bridgehead atoms. The molecule has 3 N–H and O–H groups in total. The highest BCUT2D eigenvalue weighted by atomic mass is 35.5. The fraction of sp³-hybridized carbons (Fsp3) is 0.278. The van der Waals surface area contributed by atoms with Crippen LogP contribution in [0, 0.1) is 11.6 Å². The van der Waals surface area contributed by atoms with Gasteiger partial charge in [-0.25, -0.2) is 17.2 Å². The summed E-state index contributed by atoms with van der Waals surface area (Å²) in [6, 6.07) is 8.21. The van der Waals surface area contributed by atoms with Crippen molar-refractivity contribution in [3.63, 3.8) is 0 Å². The normalized spacial score (nSPS) is 12.0. The Kier molecular flexibility index (Phi) is 8.80. The number of sulfonamides is 1. The minimum atomic E-state index is -4.08. The molecule has 2 rings (SSSR count). The van der Waals surface area contributed by atoms with Gasteiger partial charge in [-0.05, 0) is 55.9 Å². The zero-order chi connectivity index (χ0) is 20.0. The van der Waals surface area contributed by atoms with Crippen molar-refractivity contribution in [1.29, 1.82) is 0 Å². The predicted octanol–water partition coefficient (Wildman–Crippen LogP) is 2.92. The lowest BCUT2D eigenvalue weighted by molar-refractivity contribution is 0.0950. The number of carbonyl (C=O) groups is 1. The van der Waals surface area contributed by atoms with E-state index in [9.17, 15) is 22.0 Å². The third-order valence-electron chi connectivity index (χ3n) is 3.72. The minimum absolute atomic E-state index is 0. The molecule has 0 saturated heterocycles. The second-order valence-electron chi connectivity index (χ2n) is 5.93. The summed E-state index contributed by atoms with van der Waals surface area (Å²) in [6.07, 6.45) is 0. The van der Waals surface area contributed by atoms with Gasteiger partial charge in [-0.3, -0.25) is 9.52 Å². The van der Waals surface area contributed by atoms with E-state index in [1.165, 1.54) is 24.3 Å². The molecule has 1 atom stereocenters. The number of hydrogen-bond donors (Lipinski definition) is 3. The van der Waals surface area contributed by atoms with Gasteiger partial charge < -0.3 is 10.6 Å². The van der Waals surface area contributed by atoms with Crippen molar-refractivity contribution >= 4 is 34.0 Å². The number of anilines is 1. The highest BCUT2D eigenvalue weighted by Gasteiger charge is 2.17. The zero-order valence-electron chi connectivity index (χ0n) is 15.3. The molecular formula is C18H22ClF2N3O3S. The van der Waals surface area contributed by atoms with Gasteiger partial charge in [0, 0.05) is 23.8 Å². The molecule has 0 aliphatic carbocycles. The SMILES string of the molecule is CCN[C@H](C)CNC(=O)c1ccc(NS(=O)(=O)c2ccc(F)c(F)c2)cc1.Cl. The van der Waals surface area contributed by atoms with Gasteiger partial charge in [0.2, 0.25) is 0 Å². The molecule has 28 heavy (non-hydrogen) atoms. The summed E-state index contributed by atoms with van der Waals surface area (Å²) in [5.41, 5.74) is 0.562. The van der Waals surface area contributed by atoms with Gasteiger partial charge in [0.1, 0.15) is 0 Å². The van der Waals surface area contributed by atoms with Gasteiger partial charge in [-0.15, -0.1) is 12.4 Å². The Morgan fingerprint density at radius 2 is 1.71 bits per heavy atom. The highest BCUT2D eigenvalue weighted by Crippen LogP contribution is 2.18. The van der Waals surface area contributed by atoms with Crippen LogP contribution in [0.4, 0.5) is 14.5 Å². The first-order valence-corrected chi connectivity index (χ1v) is 9.80. The van der Waals surface area contributed by atoms with Crippen LogP contribution in [-0.2, 0) is 10.0 Å². The van der Waals surface area contributed by atoms with Crippen LogP contribution in [0.1, 0.15) is 24.2 Å². The second kappa shape index (κ2) is 10.4. The Labute approximate surface area is 169 Å². The lowest BCUT2D eigenvalue weighted by atomic mass is 10.2. The first-order valence-electron chi connectivity index (χ1n) is 8.32. The van der Waals surface area contributed by atoms with Gasteiger partial charge in [0.25, 0.3) is 15.9 Å². The van der Waals surface area contributed by atoms with Crippen molar-refractivity contribution in [3.05, 3.63) is 59.7 Å². The van der Waals surface area contributed by atoms with E-state index in [-0.39, 0.29) is 30.0 Å². The van der Waals surface area contributed by atoms with E-state index in [2.05, 4.69) is 15.4 Å². The summed E-state index contributed by atoms with van der Waals surface area (Å²) in [7, 11) is -4.08. The first-order chi connectivity index (χ1) is 12.7. The van der Waals surface area contributed by atoms with E-state index in [0.29, 0.717) is 18.2 Å². The molecule has 0 aliphatic heterocycles. The molecule has 1 amide bonds. The number of rotatable bonds is 8. The maximum atomic E-state index is 13.3. The van der Waals surface area contributed by atoms with Crippen LogP contribution < -0.4 is 15.4 Å². The standard InChI is InChI=1S/C18H21F2N3O3S.ClH/c1-3-21-12(2)11-22-18(24)13-4-6-14(7-5-13)23-27(25,26)15-8-9-16(19)17(20)10-15;/h4-10,12,21,23H,3,11H2,1-2H3,(H,22,24);1H/t12-;/m1./s1. The quantitative estimate of drug-likeness (QED) is 0.597. The van der Waals surface area contributed by atoms with Gasteiger partial charge >= 0.3 is 0 Å². The average Bonchev–Trinajstić information content (AvgIpc) is 2.62. The Balaban J connectivity index is 0.00000392. The van der Waals surface area contributed by atoms with Crippen LogP contribution >= 0.6 is 12.4 Å². The summed E-state index contributed by atoms with van der Waals surface area (Å²) in [5.74, 6) is -2.67. The van der Waals surface area contributed by atoms with Gasteiger partial charge in [-0.1, -0.05) is 6.92 Å². The first kappa shape index (κ1) is 23.8. The largest absolute Gasteiger partial charge is 0.350 e. The number of halogens is 3. The van der Waals surface area contributed by atoms with Crippen LogP contribution in [0.2, 0.25) is 0 Å². The average molecular weight is 434 g/mol. The molecule has 0 spiro atoms. The molecule has 0 heterocycles. The van der Waals surface area contributed by atoms with E-state index in [1.54, 1.807) is 0 Å². The van der Waals surface area contributed by atoms with Crippen molar-refractivity contribution < 1.29 is 22.0 Å². The van der Waals surface area contributed by atoms with Crippen LogP contribution in [0.3, 0.4) is 0 Å². The molecule has 0 unspecified atom stereocenters. The fourth-order valence-electron chi connectivity index (χ4n) is 2.32. The van der Waals surface area contributed by atoms with Crippen molar-refractivity contribution in [1.82, 2.24) is 10.6 Å². The second-order valence-corrected chi connectivity index (χ2v) is 7.61. The summed E-state index contributed by atoms with van der Waals surface area (Å²) in [6.45, 7) is 5.17. The Hall–Kier alpha value is -2.23. The molecule has 0 fully saturated rings. The van der Waals surface area contributed by atoms with Crippen molar-refractivity contribution in [2.24, 2.45) is 0 Å². The molecule has 0 radical (unpaired) electrons. The molecule has 154 valence electrons. The van der Waals surface area contributed by atoms with Gasteiger partial charge in [0.15, 0.2) is 11.6 Å². The summed E-state index contributed by atoms with van der Waals surface area (Å²) >= 11 is 0. The van der Waals surface area contributed by atoms with Crippen LogP contribution in [0.15, 0.2) is 47.4 Å². The van der Waals surface area contributed by atoms with Crippen LogP contribution in [0.25, 0.3) is 0 Å². The number of hydrogen-bond acceptors (Lipinski definition) is 4. The number of nitrogens with one attached hydrogen (secondary N) is 3.